The number of sulfonamides is 1. The Morgan fingerprint density at radius 2 is 1.56 bits per heavy atom. The standard InChI is InChI=1S/C19H21N3O2S/c1-16(17-7-3-2-4-8-17)21-11-13-22(14-12-21)25(23,24)19-10-6-5-9-18(19)15-20/h2-10,16H,11-14H2,1H3/t16-/m0/s1. The van der Waals surface area contributed by atoms with E-state index in [9.17, 15) is 13.7 Å². The van der Waals surface area contributed by atoms with Gasteiger partial charge in [-0.3, -0.25) is 4.90 Å². The highest BCUT2D eigenvalue weighted by Gasteiger charge is 2.31. The van der Waals surface area contributed by atoms with Crippen molar-refractivity contribution in [2.24, 2.45) is 0 Å². The second-order valence-electron chi connectivity index (χ2n) is 6.13. The molecule has 0 radical (unpaired) electrons. The molecule has 1 aliphatic heterocycles. The molecule has 2 aromatic rings. The fourth-order valence-corrected chi connectivity index (χ4v) is 4.76. The number of rotatable bonds is 4. The zero-order valence-corrected chi connectivity index (χ0v) is 15.0. The van der Waals surface area contributed by atoms with Crippen molar-refractivity contribution in [2.75, 3.05) is 26.2 Å². The highest BCUT2D eigenvalue weighted by molar-refractivity contribution is 7.89. The number of piperazine rings is 1. The lowest BCUT2D eigenvalue weighted by molar-refractivity contribution is 0.146. The van der Waals surface area contributed by atoms with Gasteiger partial charge >= 0.3 is 0 Å². The van der Waals surface area contributed by atoms with Gasteiger partial charge in [0.25, 0.3) is 0 Å². The first kappa shape index (κ1) is 17.6. The number of nitriles is 1. The van der Waals surface area contributed by atoms with Crippen LogP contribution in [0.5, 0.6) is 0 Å². The van der Waals surface area contributed by atoms with E-state index in [0.29, 0.717) is 26.2 Å². The van der Waals surface area contributed by atoms with Gasteiger partial charge in [-0.15, -0.1) is 0 Å². The Morgan fingerprint density at radius 3 is 2.20 bits per heavy atom. The van der Waals surface area contributed by atoms with Crippen molar-refractivity contribution in [3.63, 3.8) is 0 Å². The Hall–Kier alpha value is -2.20. The van der Waals surface area contributed by atoms with Crippen molar-refractivity contribution < 1.29 is 8.42 Å². The summed E-state index contributed by atoms with van der Waals surface area (Å²) in [5.74, 6) is 0. The number of nitrogens with zero attached hydrogens (tertiary/aromatic N) is 3. The smallest absolute Gasteiger partial charge is 0.244 e. The van der Waals surface area contributed by atoms with Crippen LogP contribution in [0, 0.1) is 11.3 Å². The van der Waals surface area contributed by atoms with Gasteiger partial charge in [-0.1, -0.05) is 42.5 Å². The second-order valence-corrected chi connectivity index (χ2v) is 8.04. The van der Waals surface area contributed by atoms with E-state index >= 15 is 0 Å². The summed E-state index contributed by atoms with van der Waals surface area (Å²) in [6, 6.07) is 18.8. The molecule has 1 aliphatic rings. The van der Waals surface area contributed by atoms with Gasteiger partial charge in [0, 0.05) is 32.2 Å². The summed E-state index contributed by atoms with van der Waals surface area (Å²) in [6.45, 7) is 4.34. The lowest BCUT2D eigenvalue weighted by Crippen LogP contribution is -2.49. The van der Waals surface area contributed by atoms with E-state index in [-0.39, 0.29) is 16.5 Å². The molecule has 0 saturated carbocycles. The molecule has 6 heteroatoms. The highest BCUT2D eigenvalue weighted by Crippen LogP contribution is 2.25. The molecule has 1 saturated heterocycles. The lowest BCUT2D eigenvalue weighted by Gasteiger charge is -2.37. The van der Waals surface area contributed by atoms with Crippen molar-refractivity contribution in [3.8, 4) is 6.07 Å². The van der Waals surface area contributed by atoms with E-state index in [4.69, 9.17) is 0 Å². The van der Waals surface area contributed by atoms with Crippen LogP contribution in [0.25, 0.3) is 0 Å². The molecule has 0 spiro atoms. The molecular weight excluding hydrogens is 334 g/mol. The first-order chi connectivity index (χ1) is 12.0. The van der Waals surface area contributed by atoms with E-state index in [1.807, 2.05) is 24.3 Å². The van der Waals surface area contributed by atoms with Gasteiger partial charge in [-0.2, -0.15) is 9.57 Å². The van der Waals surface area contributed by atoms with E-state index in [1.54, 1.807) is 18.2 Å². The van der Waals surface area contributed by atoms with Crippen LogP contribution in [0.1, 0.15) is 24.1 Å². The summed E-state index contributed by atoms with van der Waals surface area (Å²) in [6.07, 6.45) is 0. The summed E-state index contributed by atoms with van der Waals surface area (Å²) < 4.78 is 27.2. The molecule has 3 rings (SSSR count). The van der Waals surface area contributed by atoms with Gasteiger partial charge in [0.1, 0.15) is 6.07 Å². The first-order valence-corrected chi connectivity index (χ1v) is 9.76. The normalized spacial score (nSPS) is 17.8. The lowest BCUT2D eigenvalue weighted by atomic mass is 10.1. The van der Waals surface area contributed by atoms with Gasteiger partial charge in [0.05, 0.1) is 10.5 Å². The minimum Gasteiger partial charge on any atom is -0.294 e. The Morgan fingerprint density at radius 1 is 0.960 bits per heavy atom. The van der Waals surface area contributed by atoms with Crippen LogP contribution in [-0.4, -0.2) is 43.8 Å². The average molecular weight is 355 g/mol. The van der Waals surface area contributed by atoms with Gasteiger partial charge in [-0.05, 0) is 24.6 Å². The van der Waals surface area contributed by atoms with Crippen LogP contribution in [0.4, 0.5) is 0 Å². The third-order valence-electron chi connectivity index (χ3n) is 4.73. The third kappa shape index (κ3) is 3.59. The average Bonchev–Trinajstić information content (AvgIpc) is 2.68. The Kier molecular flexibility index (Phi) is 5.19. The molecule has 130 valence electrons. The summed E-state index contributed by atoms with van der Waals surface area (Å²) in [5.41, 5.74) is 1.43. The molecule has 1 fully saturated rings. The monoisotopic (exact) mass is 355 g/mol. The molecule has 5 nitrogen and oxygen atoms in total. The number of benzene rings is 2. The molecule has 0 aromatic heterocycles. The summed E-state index contributed by atoms with van der Waals surface area (Å²) >= 11 is 0. The Balaban J connectivity index is 1.73. The third-order valence-corrected chi connectivity index (χ3v) is 6.69. The second kappa shape index (κ2) is 7.36. The van der Waals surface area contributed by atoms with Crippen molar-refractivity contribution >= 4 is 10.0 Å². The van der Waals surface area contributed by atoms with Gasteiger partial charge in [0.2, 0.25) is 10.0 Å². The molecule has 2 aromatic carbocycles. The van der Waals surface area contributed by atoms with Crippen molar-refractivity contribution in [2.45, 2.75) is 17.9 Å². The SMILES string of the molecule is C[C@@H](c1ccccc1)N1CCN(S(=O)(=O)c2ccccc2C#N)CC1. The topological polar surface area (TPSA) is 64.4 Å². The fourth-order valence-electron chi connectivity index (χ4n) is 3.20. The van der Waals surface area contributed by atoms with E-state index in [1.165, 1.54) is 15.9 Å². The summed E-state index contributed by atoms with van der Waals surface area (Å²) in [7, 11) is -3.63. The maximum absolute atomic E-state index is 12.9. The number of hydrogen-bond acceptors (Lipinski definition) is 4. The summed E-state index contributed by atoms with van der Waals surface area (Å²) in [4.78, 5) is 2.39. The van der Waals surface area contributed by atoms with Crippen LogP contribution >= 0.6 is 0 Å². The first-order valence-electron chi connectivity index (χ1n) is 8.32. The minimum atomic E-state index is -3.63. The summed E-state index contributed by atoms with van der Waals surface area (Å²) in [5, 5.41) is 9.18. The van der Waals surface area contributed by atoms with Gasteiger partial charge < -0.3 is 0 Å². The molecule has 0 N–H and O–H groups in total. The highest BCUT2D eigenvalue weighted by atomic mass is 32.2. The molecule has 1 atom stereocenters. The van der Waals surface area contributed by atoms with Crippen molar-refractivity contribution in [1.82, 2.24) is 9.21 Å². The molecule has 0 bridgehead atoms. The van der Waals surface area contributed by atoms with Gasteiger partial charge in [0.15, 0.2) is 0 Å². The predicted octanol–water partition coefficient (Wildman–Crippen LogP) is 2.63. The van der Waals surface area contributed by atoms with Crippen LogP contribution in [-0.2, 0) is 10.0 Å². The number of hydrogen-bond donors (Lipinski definition) is 0. The maximum atomic E-state index is 12.9. The molecule has 0 aliphatic carbocycles. The molecule has 0 amide bonds. The van der Waals surface area contributed by atoms with E-state index in [0.717, 1.165) is 0 Å². The minimum absolute atomic E-state index is 0.0991. The molecular formula is C19H21N3O2S. The molecule has 0 unspecified atom stereocenters. The largest absolute Gasteiger partial charge is 0.294 e. The molecule has 25 heavy (non-hydrogen) atoms. The quantitative estimate of drug-likeness (QED) is 0.846. The van der Waals surface area contributed by atoms with Crippen molar-refractivity contribution in [1.29, 1.82) is 5.26 Å². The Bertz CT molecular complexity index is 867. The maximum Gasteiger partial charge on any atom is 0.244 e. The zero-order valence-electron chi connectivity index (χ0n) is 14.2. The van der Waals surface area contributed by atoms with Crippen LogP contribution in [0.2, 0.25) is 0 Å². The van der Waals surface area contributed by atoms with Crippen LogP contribution in [0.15, 0.2) is 59.5 Å². The predicted molar refractivity (Wildman–Crippen MR) is 96.3 cm³/mol. The fraction of sp³-hybridized carbons (Fsp3) is 0.316. The van der Waals surface area contributed by atoms with Crippen LogP contribution in [0.3, 0.4) is 0 Å². The van der Waals surface area contributed by atoms with E-state index < -0.39 is 10.0 Å². The van der Waals surface area contributed by atoms with Gasteiger partial charge in [-0.25, -0.2) is 8.42 Å². The Labute approximate surface area is 149 Å². The van der Waals surface area contributed by atoms with E-state index in [2.05, 4.69) is 24.0 Å². The molecule has 1 heterocycles. The van der Waals surface area contributed by atoms with Crippen LogP contribution < -0.4 is 0 Å². The van der Waals surface area contributed by atoms with Crippen molar-refractivity contribution in [3.05, 3.63) is 65.7 Å². The zero-order chi connectivity index (χ0) is 17.9.